The Morgan fingerprint density at radius 3 is 2.57 bits per heavy atom. The Hall–Kier alpha value is -2.54. The van der Waals surface area contributed by atoms with Crippen LogP contribution >= 0.6 is 0 Å². The van der Waals surface area contributed by atoms with E-state index in [-0.39, 0.29) is 12.4 Å². The Bertz CT molecular complexity index is 752. The van der Waals surface area contributed by atoms with Crippen molar-refractivity contribution in [2.75, 3.05) is 30.9 Å². The number of rotatable bonds is 7. The van der Waals surface area contributed by atoms with E-state index in [1.807, 2.05) is 42.2 Å². The van der Waals surface area contributed by atoms with Crippen LogP contribution in [-0.4, -0.2) is 29.8 Å². The van der Waals surface area contributed by atoms with Gasteiger partial charge in [0.2, 0.25) is 0 Å². The first-order valence-corrected chi connectivity index (χ1v) is 7.48. The number of methoxy groups -OCH3 is 1. The summed E-state index contributed by atoms with van der Waals surface area (Å²) in [6.45, 7) is 3.68. The van der Waals surface area contributed by atoms with Crippen LogP contribution in [0.25, 0.3) is 0 Å². The molecule has 0 bridgehead atoms. The number of nitrogens with zero attached hydrogens (tertiary/aromatic N) is 2. The van der Waals surface area contributed by atoms with Gasteiger partial charge < -0.3 is 15.4 Å². The van der Waals surface area contributed by atoms with Crippen LogP contribution in [0.3, 0.4) is 0 Å². The van der Waals surface area contributed by atoms with Crippen LogP contribution in [0.1, 0.15) is 12.5 Å². The number of hydrogen-bond donors (Lipinski definition) is 2. The second kappa shape index (κ2) is 7.64. The maximum absolute atomic E-state index is 12.3. The number of aromatic nitrogens is 2. The third kappa shape index (κ3) is 3.81. The van der Waals surface area contributed by atoms with Gasteiger partial charge in [0.25, 0.3) is 5.56 Å². The van der Waals surface area contributed by atoms with Gasteiger partial charge in [0.15, 0.2) is 0 Å². The highest BCUT2D eigenvalue weighted by Crippen LogP contribution is 2.18. The summed E-state index contributed by atoms with van der Waals surface area (Å²) in [6.07, 6.45) is 0. The second-order valence-electron chi connectivity index (χ2n) is 5.14. The quantitative estimate of drug-likeness (QED) is 0.787. The van der Waals surface area contributed by atoms with Gasteiger partial charge in [-0.3, -0.25) is 14.3 Å². The van der Waals surface area contributed by atoms with Gasteiger partial charge in [-0.1, -0.05) is 30.3 Å². The third-order valence-corrected chi connectivity index (χ3v) is 3.65. The monoisotopic (exact) mass is 318 g/mol. The van der Waals surface area contributed by atoms with Gasteiger partial charge in [0.1, 0.15) is 11.5 Å². The van der Waals surface area contributed by atoms with E-state index < -0.39 is 11.2 Å². The summed E-state index contributed by atoms with van der Waals surface area (Å²) in [6, 6.07) is 9.78. The number of nitrogens with one attached hydrogen (secondary N) is 1. The molecule has 3 N–H and O–H groups in total. The molecule has 7 nitrogen and oxygen atoms in total. The van der Waals surface area contributed by atoms with Crippen LogP contribution in [0.15, 0.2) is 39.9 Å². The lowest BCUT2D eigenvalue weighted by molar-refractivity contribution is 0.186. The van der Waals surface area contributed by atoms with Crippen molar-refractivity contribution in [1.29, 1.82) is 0 Å². The zero-order valence-electron chi connectivity index (χ0n) is 13.4. The van der Waals surface area contributed by atoms with Gasteiger partial charge in [-0.25, -0.2) is 4.79 Å². The lowest BCUT2D eigenvalue weighted by Crippen LogP contribution is -2.38. The molecule has 0 atom stereocenters. The Morgan fingerprint density at radius 2 is 1.96 bits per heavy atom. The predicted octanol–water partition coefficient (Wildman–Crippen LogP) is 0.792. The summed E-state index contributed by atoms with van der Waals surface area (Å²) in [4.78, 5) is 28.4. The van der Waals surface area contributed by atoms with Crippen LogP contribution < -0.4 is 21.9 Å². The van der Waals surface area contributed by atoms with Gasteiger partial charge >= 0.3 is 5.69 Å². The minimum atomic E-state index is -0.524. The molecule has 124 valence electrons. The highest BCUT2D eigenvalue weighted by molar-refractivity contribution is 5.62. The van der Waals surface area contributed by atoms with E-state index in [1.54, 1.807) is 7.11 Å². The van der Waals surface area contributed by atoms with E-state index in [0.29, 0.717) is 25.4 Å². The van der Waals surface area contributed by atoms with Gasteiger partial charge in [-0.15, -0.1) is 0 Å². The Morgan fingerprint density at radius 1 is 1.26 bits per heavy atom. The van der Waals surface area contributed by atoms with E-state index in [9.17, 15) is 9.59 Å². The van der Waals surface area contributed by atoms with Crippen molar-refractivity contribution in [3.8, 4) is 0 Å². The zero-order valence-corrected chi connectivity index (χ0v) is 13.4. The van der Waals surface area contributed by atoms with E-state index >= 15 is 0 Å². The molecule has 0 saturated carbocycles. The van der Waals surface area contributed by atoms with Crippen molar-refractivity contribution in [3.63, 3.8) is 0 Å². The molecule has 0 amide bonds. The molecule has 2 aromatic rings. The molecule has 0 unspecified atom stereocenters. The van der Waals surface area contributed by atoms with Gasteiger partial charge in [0.05, 0.1) is 13.2 Å². The van der Waals surface area contributed by atoms with Gasteiger partial charge in [-0.2, -0.15) is 0 Å². The molecule has 1 aromatic heterocycles. The van der Waals surface area contributed by atoms with Crippen molar-refractivity contribution in [2.45, 2.75) is 20.0 Å². The molecule has 0 saturated heterocycles. The molecule has 0 fully saturated rings. The van der Waals surface area contributed by atoms with E-state index in [0.717, 1.165) is 5.56 Å². The summed E-state index contributed by atoms with van der Waals surface area (Å²) < 4.78 is 6.31. The first-order valence-electron chi connectivity index (χ1n) is 7.48. The van der Waals surface area contributed by atoms with Crippen LogP contribution in [0.5, 0.6) is 0 Å². The highest BCUT2D eigenvalue weighted by Gasteiger charge is 2.17. The predicted molar refractivity (Wildman–Crippen MR) is 90.8 cm³/mol. The Balaban J connectivity index is 2.43. The number of aromatic amines is 1. The molecule has 7 heteroatoms. The number of anilines is 2. The molecule has 1 aromatic carbocycles. The first-order chi connectivity index (χ1) is 11.1. The summed E-state index contributed by atoms with van der Waals surface area (Å²) in [5.41, 5.74) is 6.47. The zero-order chi connectivity index (χ0) is 16.8. The molecule has 0 aliphatic carbocycles. The van der Waals surface area contributed by atoms with Crippen molar-refractivity contribution in [3.05, 3.63) is 56.7 Å². The standard InChI is InChI=1S/C16H22N4O3/c1-3-19(11-12-7-5-4-6-8-12)13-14(17)20(9-10-23-2)16(22)18-15(13)21/h4-8H,3,9-11,17H2,1-2H3,(H,18,21,22). The maximum Gasteiger partial charge on any atom is 0.330 e. The SMILES string of the molecule is CCN(Cc1ccccc1)c1c(N)n(CCOC)c(=O)[nH]c1=O. The molecule has 0 aliphatic rings. The molecule has 23 heavy (non-hydrogen) atoms. The van der Waals surface area contributed by atoms with Crippen molar-refractivity contribution in [2.24, 2.45) is 0 Å². The number of ether oxygens (including phenoxy) is 1. The minimum Gasteiger partial charge on any atom is -0.383 e. The number of benzene rings is 1. The smallest absolute Gasteiger partial charge is 0.330 e. The lowest BCUT2D eigenvalue weighted by Gasteiger charge is -2.24. The summed E-state index contributed by atoms with van der Waals surface area (Å²) >= 11 is 0. The van der Waals surface area contributed by atoms with Gasteiger partial charge in [0, 0.05) is 20.2 Å². The summed E-state index contributed by atoms with van der Waals surface area (Å²) in [5, 5.41) is 0. The molecule has 0 spiro atoms. The molecule has 0 radical (unpaired) electrons. The number of H-pyrrole nitrogens is 1. The fraction of sp³-hybridized carbons (Fsp3) is 0.375. The Labute approximate surface area is 134 Å². The highest BCUT2D eigenvalue weighted by atomic mass is 16.5. The third-order valence-electron chi connectivity index (χ3n) is 3.65. The molecule has 0 aliphatic heterocycles. The number of hydrogen-bond acceptors (Lipinski definition) is 5. The average Bonchev–Trinajstić information content (AvgIpc) is 2.54. The fourth-order valence-corrected chi connectivity index (χ4v) is 2.44. The molecule has 1 heterocycles. The van der Waals surface area contributed by atoms with Crippen LogP contribution in [0.2, 0.25) is 0 Å². The fourth-order valence-electron chi connectivity index (χ4n) is 2.44. The largest absolute Gasteiger partial charge is 0.383 e. The lowest BCUT2D eigenvalue weighted by atomic mass is 10.2. The molecule has 2 rings (SSSR count). The minimum absolute atomic E-state index is 0.161. The van der Waals surface area contributed by atoms with E-state index in [4.69, 9.17) is 10.5 Å². The van der Waals surface area contributed by atoms with E-state index in [1.165, 1.54) is 4.57 Å². The van der Waals surface area contributed by atoms with Crippen molar-refractivity contribution in [1.82, 2.24) is 9.55 Å². The topological polar surface area (TPSA) is 93.3 Å². The average molecular weight is 318 g/mol. The maximum atomic E-state index is 12.3. The van der Waals surface area contributed by atoms with Crippen LogP contribution in [-0.2, 0) is 17.8 Å². The van der Waals surface area contributed by atoms with Crippen molar-refractivity contribution < 1.29 is 4.74 Å². The van der Waals surface area contributed by atoms with Crippen LogP contribution in [0.4, 0.5) is 11.5 Å². The second-order valence-corrected chi connectivity index (χ2v) is 5.14. The summed E-state index contributed by atoms with van der Waals surface area (Å²) in [5.74, 6) is 0.161. The Kier molecular flexibility index (Phi) is 5.59. The van der Waals surface area contributed by atoms with E-state index in [2.05, 4.69) is 4.98 Å². The van der Waals surface area contributed by atoms with Crippen LogP contribution in [0, 0.1) is 0 Å². The number of nitrogen functional groups attached to an aromatic ring is 1. The number of nitrogens with two attached hydrogens (primary N) is 1. The van der Waals surface area contributed by atoms with Gasteiger partial charge in [-0.05, 0) is 12.5 Å². The van der Waals surface area contributed by atoms with Crippen molar-refractivity contribution >= 4 is 11.5 Å². The summed E-state index contributed by atoms with van der Waals surface area (Å²) in [7, 11) is 1.54. The molecular weight excluding hydrogens is 296 g/mol. The normalized spacial score (nSPS) is 10.7. The molecular formula is C16H22N4O3. The first kappa shape index (κ1) is 16.8.